The zero-order valence-electron chi connectivity index (χ0n) is 17.9. The molecule has 0 unspecified atom stereocenters. The van der Waals surface area contributed by atoms with Gasteiger partial charge in [0.1, 0.15) is 12.0 Å². The number of nitrogens with zero attached hydrogens (tertiary/aromatic N) is 7. The second-order valence-electron chi connectivity index (χ2n) is 7.85. The molecule has 1 N–H and O–H groups in total. The highest BCUT2D eigenvalue weighted by molar-refractivity contribution is 7.88. The number of fused-ring (bicyclic) bond motifs is 2. The molecule has 4 heterocycles. The largest absolute Gasteiger partial charge is 0.476 e. The first kappa shape index (κ1) is 20.8. The number of hydrogen-bond donors (Lipinski definition) is 1. The van der Waals surface area contributed by atoms with Gasteiger partial charge in [0.15, 0.2) is 11.5 Å². The molecule has 4 aromatic rings. The summed E-state index contributed by atoms with van der Waals surface area (Å²) in [4.78, 5) is 11.6. The van der Waals surface area contributed by atoms with Crippen molar-refractivity contribution in [2.45, 2.75) is 0 Å². The number of nitrogens with one attached hydrogen (secondary N) is 1. The number of hydrogen-bond acceptors (Lipinski definition) is 8. The summed E-state index contributed by atoms with van der Waals surface area (Å²) >= 11 is 0. The SMILES string of the molecule is Cn1ncc2c(OCCN3CCN(S(C)(=O)=O)CC3)nc(-c3cccc4[nH]ncc34)nc21. The zero-order valence-corrected chi connectivity index (χ0v) is 18.7. The number of rotatable bonds is 6. The summed E-state index contributed by atoms with van der Waals surface area (Å²) in [5.74, 6) is 1.03. The molecule has 1 saturated heterocycles. The molecule has 3 aromatic heterocycles. The quantitative estimate of drug-likeness (QED) is 0.453. The standard InChI is InChI=1S/C20H24N8O3S/c1-26-19-16(13-22-26)20(31-11-10-27-6-8-28(9-7-27)32(2,29)30)24-18(23-19)14-4-3-5-17-15(14)12-21-25-17/h3-5,12-13H,6-11H2,1-2H3,(H,21,25). The highest BCUT2D eigenvalue weighted by atomic mass is 32.2. The summed E-state index contributed by atoms with van der Waals surface area (Å²) in [5, 5.41) is 13.1. The molecule has 12 heteroatoms. The van der Waals surface area contributed by atoms with E-state index in [1.54, 1.807) is 17.1 Å². The van der Waals surface area contributed by atoms with Crippen LogP contribution in [0.2, 0.25) is 0 Å². The first-order valence-corrected chi connectivity index (χ1v) is 12.2. The molecule has 0 atom stereocenters. The Morgan fingerprint density at radius 3 is 2.69 bits per heavy atom. The Hall–Kier alpha value is -3.09. The lowest BCUT2D eigenvalue weighted by Crippen LogP contribution is -2.49. The summed E-state index contributed by atoms with van der Waals surface area (Å²) in [6.07, 6.45) is 4.72. The predicted molar refractivity (Wildman–Crippen MR) is 120 cm³/mol. The molecule has 1 fully saturated rings. The molecule has 0 saturated carbocycles. The van der Waals surface area contributed by atoms with Crippen LogP contribution in [0.3, 0.4) is 0 Å². The molecule has 1 aromatic carbocycles. The third-order valence-corrected chi connectivity index (χ3v) is 7.03. The van der Waals surface area contributed by atoms with E-state index in [0.717, 1.165) is 21.9 Å². The van der Waals surface area contributed by atoms with Crippen LogP contribution in [0.1, 0.15) is 0 Å². The average molecular weight is 457 g/mol. The lowest BCUT2D eigenvalue weighted by molar-refractivity contribution is 0.158. The van der Waals surface area contributed by atoms with Crippen molar-refractivity contribution >= 4 is 32.0 Å². The number of piperazine rings is 1. The predicted octanol–water partition coefficient (Wildman–Crippen LogP) is 0.863. The fraction of sp³-hybridized carbons (Fsp3) is 0.400. The van der Waals surface area contributed by atoms with Crippen molar-refractivity contribution in [1.29, 1.82) is 0 Å². The first-order valence-electron chi connectivity index (χ1n) is 10.3. The van der Waals surface area contributed by atoms with Gasteiger partial charge in [-0.1, -0.05) is 12.1 Å². The van der Waals surface area contributed by atoms with Gasteiger partial charge in [-0.15, -0.1) is 0 Å². The summed E-state index contributed by atoms with van der Waals surface area (Å²) in [5.41, 5.74) is 2.46. The maximum Gasteiger partial charge on any atom is 0.228 e. The second-order valence-corrected chi connectivity index (χ2v) is 9.83. The maximum atomic E-state index is 11.7. The fourth-order valence-corrected chi connectivity index (χ4v) is 4.77. The van der Waals surface area contributed by atoms with Gasteiger partial charge in [-0.3, -0.25) is 14.7 Å². The van der Waals surface area contributed by atoms with Crippen LogP contribution in [0, 0.1) is 0 Å². The Morgan fingerprint density at radius 2 is 1.91 bits per heavy atom. The van der Waals surface area contributed by atoms with Gasteiger partial charge >= 0.3 is 0 Å². The zero-order chi connectivity index (χ0) is 22.3. The number of ether oxygens (including phenoxy) is 1. The summed E-state index contributed by atoms with van der Waals surface area (Å²) in [6.45, 7) is 3.45. The van der Waals surface area contributed by atoms with Crippen molar-refractivity contribution in [3.8, 4) is 17.3 Å². The molecule has 0 radical (unpaired) electrons. The van der Waals surface area contributed by atoms with Crippen LogP contribution in [-0.2, 0) is 17.1 Å². The smallest absolute Gasteiger partial charge is 0.228 e. The van der Waals surface area contributed by atoms with Gasteiger partial charge in [0.05, 0.1) is 24.2 Å². The Labute approximate surface area is 185 Å². The molecule has 1 aliphatic heterocycles. The molecule has 1 aliphatic rings. The molecule has 0 amide bonds. The highest BCUT2D eigenvalue weighted by Crippen LogP contribution is 2.30. The van der Waals surface area contributed by atoms with E-state index in [1.165, 1.54) is 10.6 Å². The Morgan fingerprint density at radius 1 is 1.09 bits per heavy atom. The first-order chi connectivity index (χ1) is 15.4. The number of sulfonamides is 1. The highest BCUT2D eigenvalue weighted by Gasteiger charge is 2.23. The lowest BCUT2D eigenvalue weighted by Gasteiger charge is -2.32. The monoisotopic (exact) mass is 456 g/mol. The third-order valence-electron chi connectivity index (χ3n) is 5.73. The van der Waals surface area contributed by atoms with Crippen LogP contribution in [0.15, 0.2) is 30.6 Å². The van der Waals surface area contributed by atoms with E-state index in [-0.39, 0.29) is 0 Å². The molecular weight excluding hydrogens is 432 g/mol. The fourth-order valence-electron chi connectivity index (χ4n) is 3.95. The summed E-state index contributed by atoms with van der Waals surface area (Å²) in [7, 11) is -1.30. The minimum absolute atomic E-state index is 0.426. The topological polar surface area (TPSA) is 122 Å². The van der Waals surface area contributed by atoms with Crippen LogP contribution in [0.5, 0.6) is 5.88 Å². The van der Waals surface area contributed by atoms with Crippen molar-refractivity contribution in [2.24, 2.45) is 7.05 Å². The van der Waals surface area contributed by atoms with Crippen LogP contribution in [0.25, 0.3) is 33.3 Å². The summed E-state index contributed by atoms with van der Waals surface area (Å²) in [6, 6.07) is 5.85. The van der Waals surface area contributed by atoms with Gasteiger partial charge in [0, 0.05) is 50.7 Å². The lowest BCUT2D eigenvalue weighted by atomic mass is 10.1. The van der Waals surface area contributed by atoms with Gasteiger partial charge < -0.3 is 4.74 Å². The normalized spacial score (nSPS) is 16.2. The van der Waals surface area contributed by atoms with E-state index in [9.17, 15) is 8.42 Å². The van der Waals surface area contributed by atoms with E-state index in [1.807, 2.05) is 25.2 Å². The molecular formula is C20H24N8O3S. The molecule has 5 rings (SSSR count). The van der Waals surface area contributed by atoms with E-state index in [4.69, 9.17) is 14.7 Å². The van der Waals surface area contributed by atoms with Gasteiger partial charge in [0.2, 0.25) is 15.9 Å². The number of aromatic nitrogens is 6. The van der Waals surface area contributed by atoms with Crippen molar-refractivity contribution in [1.82, 2.24) is 39.2 Å². The van der Waals surface area contributed by atoms with E-state index < -0.39 is 10.0 Å². The molecule has 11 nitrogen and oxygen atoms in total. The number of aryl methyl sites for hydroxylation is 1. The minimum atomic E-state index is -3.13. The van der Waals surface area contributed by atoms with Crippen molar-refractivity contribution < 1.29 is 13.2 Å². The van der Waals surface area contributed by atoms with E-state index in [0.29, 0.717) is 56.7 Å². The van der Waals surface area contributed by atoms with Crippen molar-refractivity contribution in [3.05, 3.63) is 30.6 Å². The van der Waals surface area contributed by atoms with Crippen LogP contribution < -0.4 is 4.74 Å². The maximum absolute atomic E-state index is 11.7. The number of H-pyrrole nitrogens is 1. The van der Waals surface area contributed by atoms with Gasteiger partial charge in [-0.05, 0) is 6.07 Å². The molecule has 168 valence electrons. The van der Waals surface area contributed by atoms with E-state index >= 15 is 0 Å². The van der Waals surface area contributed by atoms with Crippen molar-refractivity contribution in [2.75, 3.05) is 45.6 Å². The Bertz CT molecular complexity index is 1370. The van der Waals surface area contributed by atoms with Gasteiger partial charge in [0.25, 0.3) is 0 Å². The minimum Gasteiger partial charge on any atom is -0.476 e. The van der Waals surface area contributed by atoms with Crippen LogP contribution >= 0.6 is 0 Å². The molecule has 32 heavy (non-hydrogen) atoms. The molecule has 0 aliphatic carbocycles. The third kappa shape index (κ3) is 3.92. The Kier molecular flexibility index (Phi) is 5.27. The summed E-state index contributed by atoms with van der Waals surface area (Å²) < 4.78 is 32.7. The van der Waals surface area contributed by atoms with Crippen LogP contribution in [-0.4, -0.2) is 93.2 Å². The van der Waals surface area contributed by atoms with Gasteiger partial charge in [-0.25, -0.2) is 13.4 Å². The second kappa shape index (κ2) is 8.11. The number of aromatic amines is 1. The van der Waals surface area contributed by atoms with Crippen molar-refractivity contribution in [3.63, 3.8) is 0 Å². The molecule has 0 bridgehead atoms. The Balaban J connectivity index is 1.36. The molecule has 0 spiro atoms. The van der Waals surface area contributed by atoms with Gasteiger partial charge in [-0.2, -0.15) is 19.5 Å². The number of benzene rings is 1. The average Bonchev–Trinajstić information content (AvgIpc) is 3.40. The van der Waals surface area contributed by atoms with Crippen LogP contribution in [0.4, 0.5) is 0 Å². The van der Waals surface area contributed by atoms with E-state index in [2.05, 4.69) is 20.2 Å².